The molecule has 3 nitrogen and oxygen atoms in total. The molecule has 4 heteroatoms. The van der Waals surface area contributed by atoms with Crippen molar-refractivity contribution in [3.8, 4) is 0 Å². The van der Waals surface area contributed by atoms with Gasteiger partial charge in [-0.1, -0.05) is 11.6 Å². The SMILES string of the molecule is CCn1nc(C)c(Cl)c1CCCC(C)=O. The summed E-state index contributed by atoms with van der Waals surface area (Å²) in [6.45, 7) is 6.38. The number of aryl methyl sites for hydroxylation is 2. The summed E-state index contributed by atoms with van der Waals surface area (Å²) in [6.07, 6.45) is 2.29. The molecule has 0 saturated heterocycles. The fourth-order valence-corrected chi connectivity index (χ4v) is 1.84. The van der Waals surface area contributed by atoms with Crippen LogP contribution in [0.15, 0.2) is 0 Å². The molecule has 0 saturated carbocycles. The minimum absolute atomic E-state index is 0.227. The number of carbonyl (C=O) groups is 1. The van der Waals surface area contributed by atoms with Gasteiger partial charge in [0, 0.05) is 13.0 Å². The predicted octanol–water partition coefficient (Wildman–Crippen LogP) is 2.78. The third-order valence-corrected chi connectivity index (χ3v) is 2.89. The first-order chi connectivity index (χ1) is 7.06. The molecule has 1 aromatic heterocycles. The largest absolute Gasteiger partial charge is 0.300 e. The molecule has 0 spiro atoms. The number of carbonyl (C=O) groups excluding carboxylic acids is 1. The predicted molar refractivity (Wildman–Crippen MR) is 61.3 cm³/mol. The van der Waals surface area contributed by atoms with Crippen molar-refractivity contribution in [1.29, 1.82) is 0 Å². The fraction of sp³-hybridized carbons (Fsp3) is 0.636. The Morgan fingerprint density at radius 3 is 2.73 bits per heavy atom. The maximum Gasteiger partial charge on any atom is 0.129 e. The fourth-order valence-electron chi connectivity index (χ4n) is 1.61. The Balaban J connectivity index is 2.70. The standard InChI is InChI=1S/C11H17ClN2O/c1-4-14-10(7-5-6-8(2)15)11(12)9(3)13-14/h4-7H2,1-3H3. The van der Waals surface area contributed by atoms with Crippen molar-refractivity contribution in [3.63, 3.8) is 0 Å². The molecular formula is C11H17ClN2O. The number of Topliss-reactive ketones (excluding diaryl/α,β-unsaturated/α-hetero) is 1. The molecule has 0 N–H and O–H groups in total. The van der Waals surface area contributed by atoms with E-state index < -0.39 is 0 Å². The highest BCUT2D eigenvalue weighted by atomic mass is 35.5. The molecule has 15 heavy (non-hydrogen) atoms. The second-order valence-corrected chi connectivity index (χ2v) is 4.10. The third-order valence-electron chi connectivity index (χ3n) is 2.40. The lowest BCUT2D eigenvalue weighted by molar-refractivity contribution is -0.117. The second kappa shape index (κ2) is 5.31. The maximum atomic E-state index is 10.8. The number of nitrogens with zero attached hydrogens (tertiary/aromatic N) is 2. The zero-order valence-electron chi connectivity index (χ0n) is 9.51. The van der Waals surface area contributed by atoms with Crippen molar-refractivity contribution in [3.05, 3.63) is 16.4 Å². The summed E-state index contributed by atoms with van der Waals surface area (Å²) < 4.78 is 1.91. The van der Waals surface area contributed by atoms with Gasteiger partial charge in [0.1, 0.15) is 5.78 Å². The topological polar surface area (TPSA) is 34.9 Å². The Labute approximate surface area is 95.4 Å². The Morgan fingerprint density at radius 2 is 2.20 bits per heavy atom. The summed E-state index contributed by atoms with van der Waals surface area (Å²) in [4.78, 5) is 10.8. The molecule has 0 aliphatic heterocycles. The first-order valence-corrected chi connectivity index (χ1v) is 5.65. The van der Waals surface area contributed by atoms with Crippen molar-refractivity contribution in [2.24, 2.45) is 0 Å². The van der Waals surface area contributed by atoms with Crippen LogP contribution in [0.1, 0.15) is 38.1 Å². The van der Waals surface area contributed by atoms with Crippen LogP contribution >= 0.6 is 11.6 Å². The van der Waals surface area contributed by atoms with Gasteiger partial charge in [-0.2, -0.15) is 5.10 Å². The maximum absolute atomic E-state index is 10.8. The number of hydrogen-bond donors (Lipinski definition) is 0. The van der Waals surface area contributed by atoms with Crippen molar-refractivity contribution in [2.45, 2.75) is 46.6 Å². The highest BCUT2D eigenvalue weighted by molar-refractivity contribution is 6.31. The normalized spacial score (nSPS) is 10.7. The molecule has 0 aliphatic rings. The number of halogens is 1. The van der Waals surface area contributed by atoms with E-state index in [0.29, 0.717) is 6.42 Å². The van der Waals surface area contributed by atoms with Gasteiger partial charge in [0.05, 0.1) is 16.4 Å². The molecule has 84 valence electrons. The summed E-state index contributed by atoms with van der Waals surface area (Å²) in [5.41, 5.74) is 1.93. The molecule has 0 aliphatic carbocycles. The van der Waals surface area contributed by atoms with E-state index >= 15 is 0 Å². The summed E-state index contributed by atoms with van der Waals surface area (Å²) in [5.74, 6) is 0.227. The Bertz CT molecular complexity index is 358. The lowest BCUT2D eigenvalue weighted by Gasteiger charge is -2.04. The minimum atomic E-state index is 0.227. The first kappa shape index (κ1) is 12.2. The highest BCUT2D eigenvalue weighted by Crippen LogP contribution is 2.21. The average molecular weight is 229 g/mol. The molecule has 1 aromatic rings. The molecule has 0 bridgehead atoms. The summed E-state index contributed by atoms with van der Waals surface area (Å²) in [6, 6.07) is 0. The van der Waals surface area contributed by atoms with Gasteiger partial charge < -0.3 is 4.79 Å². The molecule has 0 aromatic carbocycles. The number of hydrogen-bond acceptors (Lipinski definition) is 2. The van der Waals surface area contributed by atoms with Crippen LogP contribution in [0.25, 0.3) is 0 Å². The molecule has 0 fully saturated rings. The van der Waals surface area contributed by atoms with E-state index in [4.69, 9.17) is 11.6 Å². The van der Waals surface area contributed by atoms with E-state index in [2.05, 4.69) is 5.10 Å². The van der Waals surface area contributed by atoms with Crippen molar-refractivity contribution < 1.29 is 4.79 Å². The Morgan fingerprint density at radius 1 is 1.53 bits per heavy atom. The van der Waals surface area contributed by atoms with Crippen molar-refractivity contribution in [1.82, 2.24) is 9.78 Å². The molecule has 0 atom stereocenters. The van der Waals surface area contributed by atoms with Gasteiger partial charge in [-0.05, 0) is 33.6 Å². The number of aromatic nitrogens is 2. The van der Waals surface area contributed by atoms with Crippen LogP contribution in [0.5, 0.6) is 0 Å². The van der Waals surface area contributed by atoms with Crippen LogP contribution in [0, 0.1) is 6.92 Å². The van der Waals surface area contributed by atoms with Crippen LogP contribution < -0.4 is 0 Å². The van der Waals surface area contributed by atoms with Crippen LogP contribution in [0.4, 0.5) is 0 Å². The van der Waals surface area contributed by atoms with Gasteiger partial charge in [-0.3, -0.25) is 4.68 Å². The lowest BCUT2D eigenvalue weighted by atomic mass is 10.1. The molecular weight excluding hydrogens is 212 g/mol. The van der Waals surface area contributed by atoms with Gasteiger partial charge in [-0.25, -0.2) is 0 Å². The van der Waals surface area contributed by atoms with Crippen LogP contribution in [-0.4, -0.2) is 15.6 Å². The van der Waals surface area contributed by atoms with Crippen LogP contribution in [-0.2, 0) is 17.8 Å². The third kappa shape index (κ3) is 3.06. The van der Waals surface area contributed by atoms with E-state index in [1.54, 1.807) is 6.92 Å². The quantitative estimate of drug-likeness (QED) is 0.777. The number of ketones is 1. The highest BCUT2D eigenvalue weighted by Gasteiger charge is 2.11. The summed E-state index contributed by atoms with van der Waals surface area (Å²) >= 11 is 6.14. The smallest absolute Gasteiger partial charge is 0.129 e. The van der Waals surface area contributed by atoms with Crippen molar-refractivity contribution in [2.75, 3.05) is 0 Å². The Kier molecular flexibility index (Phi) is 4.33. The second-order valence-electron chi connectivity index (χ2n) is 3.72. The summed E-state index contributed by atoms with van der Waals surface area (Å²) in [5, 5.41) is 5.08. The van der Waals surface area contributed by atoms with Gasteiger partial charge >= 0.3 is 0 Å². The van der Waals surface area contributed by atoms with Gasteiger partial charge in [-0.15, -0.1) is 0 Å². The average Bonchev–Trinajstić information content (AvgIpc) is 2.44. The van der Waals surface area contributed by atoms with E-state index in [9.17, 15) is 4.79 Å². The molecule has 1 rings (SSSR count). The zero-order valence-corrected chi connectivity index (χ0v) is 10.3. The van der Waals surface area contributed by atoms with Crippen molar-refractivity contribution >= 4 is 17.4 Å². The van der Waals surface area contributed by atoms with Gasteiger partial charge in [0.2, 0.25) is 0 Å². The lowest BCUT2D eigenvalue weighted by Crippen LogP contribution is -2.03. The monoisotopic (exact) mass is 228 g/mol. The van der Waals surface area contributed by atoms with Crippen LogP contribution in [0.3, 0.4) is 0 Å². The molecule has 0 unspecified atom stereocenters. The number of rotatable bonds is 5. The molecule has 0 radical (unpaired) electrons. The van der Waals surface area contributed by atoms with Gasteiger partial charge in [0.15, 0.2) is 0 Å². The minimum Gasteiger partial charge on any atom is -0.300 e. The first-order valence-electron chi connectivity index (χ1n) is 5.27. The van der Waals surface area contributed by atoms with Crippen LogP contribution in [0.2, 0.25) is 5.02 Å². The Hall–Kier alpha value is -0.830. The van der Waals surface area contributed by atoms with E-state index in [1.807, 2.05) is 18.5 Å². The zero-order chi connectivity index (χ0) is 11.4. The van der Waals surface area contributed by atoms with E-state index in [-0.39, 0.29) is 5.78 Å². The molecule has 1 heterocycles. The van der Waals surface area contributed by atoms with Gasteiger partial charge in [0.25, 0.3) is 0 Å². The van der Waals surface area contributed by atoms with E-state index in [1.165, 1.54) is 0 Å². The van der Waals surface area contributed by atoms with E-state index in [0.717, 1.165) is 35.8 Å². The summed E-state index contributed by atoms with van der Waals surface area (Å²) in [7, 11) is 0. The molecule has 0 amide bonds.